The molecule has 0 saturated carbocycles. The van der Waals surface area contributed by atoms with Gasteiger partial charge in [-0.15, -0.1) is 0 Å². The van der Waals surface area contributed by atoms with Crippen LogP contribution in [0.5, 0.6) is 0 Å². The molecule has 0 saturated heterocycles. The molecule has 0 fully saturated rings. The minimum atomic E-state index is 0.0783. The van der Waals surface area contributed by atoms with Gasteiger partial charge in [0.05, 0.1) is 6.10 Å². The van der Waals surface area contributed by atoms with Crippen LogP contribution in [-0.2, 0) is 4.74 Å². The van der Waals surface area contributed by atoms with Crippen molar-refractivity contribution in [2.45, 2.75) is 40.2 Å². The van der Waals surface area contributed by atoms with Crippen LogP contribution in [-0.4, -0.2) is 14.5 Å². The predicted molar refractivity (Wildman–Crippen MR) is 70.4 cm³/mol. The quantitative estimate of drug-likeness (QED) is 0.687. The molecule has 0 unspecified atom stereocenters. The lowest BCUT2D eigenvalue weighted by Gasteiger charge is -2.18. The molecule has 16 heavy (non-hydrogen) atoms. The van der Waals surface area contributed by atoms with E-state index >= 15 is 0 Å². The summed E-state index contributed by atoms with van der Waals surface area (Å²) in [6.07, 6.45) is 1.23. The van der Waals surface area contributed by atoms with Gasteiger partial charge in [0, 0.05) is 6.61 Å². The molecule has 0 aromatic heterocycles. The van der Waals surface area contributed by atoms with Crippen molar-refractivity contribution in [2.75, 3.05) is 6.61 Å². The van der Waals surface area contributed by atoms with Gasteiger partial charge in [-0.2, -0.15) is 0 Å². The van der Waals surface area contributed by atoms with Crippen molar-refractivity contribution < 1.29 is 4.74 Å². The standard InChI is InChI=1S/C14H21BO/c1-5-10(2)9-16-12(4)13-7-6-11(3)8-14(13)15/h6-8,10,12H,5,9H2,1-4H3/t10-,12-/m1/s1. The van der Waals surface area contributed by atoms with Gasteiger partial charge in [-0.3, -0.25) is 0 Å². The van der Waals surface area contributed by atoms with Gasteiger partial charge in [-0.25, -0.2) is 0 Å². The van der Waals surface area contributed by atoms with Crippen LogP contribution in [0.25, 0.3) is 0 Å². The van der Waals surface area contributed by atoms with Crippen LogP contribution in [0.4, 0.5) is 0 Å². The summed E-state index contributed by atoms with van der Waals surface area (Å²) in [6, 6.07) is 6.14. The molecule has 1 nitrogen and oxygen atoms in total. The molecular formula is C14H21BO. The molecule has 0 amide bonds. The van der Waals surface area contributed by atoms with E-state index in [4.69, 9.17) is 12.6 Å². The van der Waals surface area contributed by atoms with E-state index in [1.54, 1.807) is 0 Å². The monoisotopic (exact) mass is 216 g/mol. The van der Waals surface area contributed by atoms with Crippen molar-refractivity contribution >= 4 is 13.3 Å². The van der Waals surface area contributed by atoms with Crippen LogP contribution in [0, 0.1) is 12.8 Å². The maximum absolute atomic E-state index is 5.98. The third-order valence-corrected chi connectivity index (χ3v) is 3.01. The number of aryl methyl sites for hydroxylation is 1. The van der Waals surface area contributed by atoms with E-state index in [9.17, 15) is 0 Å². The fourth-order valence-electron chi connectivity index (χ4n) is 1.58. The Labute approximate surface area is 101 Å². The minimum absolute atomic E-state index is 0.0783. The molecule has 1 rings (SSSR count). The molecule has 2 radical (unpaired) electrons. The van der Waals surface area contributed by atoms with Gasteiger partial charge in [0.15, 0.2) is 0 Å². The van der Waals surface area contributed by atoms with E-state index in [1.807, 2.05) is 13.0 Å². The predicted octanol–water partition coefficient (Wildman–Crippen LogP) is 2.91. The summed E-state index contributed by atoms with van der Waals surface area (Å²) in [5.74, 6) is 0.606. The molecule has 0 aliphatic heterocycles. The van der Waals surface area contributed by atoms with Gasteiger partial charge in [-0.1, -0.05) is 49.5 Å². The van der Waals surface area contributed by atoms with Crippen LogP contribution in [0.15, 0.2) is 18.2 Å². The Hall–Kier alpha value is -0.755. The number of hydrogen-bond acceptors (Lipinski definition) is 1. The molecule has 0 spiro atoms. The normalized spacial score (nSPS) is 14.8. The van der Waals surface area contributed by atoms with Crippen LogP contribution >= 0.6 is 0 Å². The molecule has 0 bridgehead atoms. The Morgan fingerprint density at radius 2 is 2.00 bits per heavy atom. The molecule has 0 aliphatic rings. The minimum Gasteiger partial charge on any atom is -0.374 e. The van der Waals surface area contributed by atoms with Gasteiger partial charge in [-0.05, 0) is 25.3 Å². The maximum atomic E-state index is 5.98. The molecule has 1 aromatic rings. The summed E-state index contributed by atoms with van der Waals surface area (Å²) >= 11 is 0. The summed E-state index contributed by atoms with van der Waals surface area (Å²) in [7, 11) is 5.98. The second kappa shape index (κ2) is 6.10. The highest BCUT2D eigenvalue weighted by molar-refractivity contribution is 6.33. The van der Waals surface area contributed by atoms with Gasteiger partial charge in [0.1, 0.15) is 7.85 Å². The van der Waals surface area contributed by atoms with E-state index in [0.717, 1.165) is 24.1 Å². The number of ether oxygens (including phenoxy) is 1. The van der Waals surface area contributed by atoms with Crippen molar-refractivity contribution in [2.24, 2.45) is 5.92 Å². The molecule has 0 N–H and O–H groups in total. The van der Waals surface area contributed by atoms with Crippen molar-refractivity contribution in [3.8, 4) is 0 Å². The van der Waals surface area contributed by atoms with Crippen molar-refractivity contribution in [1.29, 1.82) is 0 Å². The zero-order chi connectivity index (χ0) is 12.1. The molecule has 0 heterocycles. The molecular weight excluding hydrogens is 195 g/mol. The van der Waals surface area contributed by atoms with E-state index < -0.39 is 0 Å². The highest BCUT2D eigenvalue weighted by Crippen LogP contribution is 2.16. The first kappa shape index (κ1) is 13.3. The summed E-state index contributed by atoms with van der Waals surface area (Å²) in [4.78, 5) is 0. The molecule has 1 aromatic carbocycles. The highest BCUT2D eigenvalue weighted by Gasteiger charge is 2.09. The lowest BCUT2D eigenvalue weighted by molar-refractivity contribution is 0.0430. The molecule has 86 valence electrons. The van der Waals surface area contributed by atoms with Crippen LogP contribution in [0.1, 0.15) is 44.4 Å². The summed E-state index contributed by atoms with van der Waals surface area (Å²) in [6.45, 7) is 9.28. The summed E-state index contributed by atoms with van der Waals surface area (Å²) < 4.78 is 5.82. The van der Waals surface area contributed by atoms with Crippen LogP contribution in [0.2, 0.25) is 0 Å². The number of rotatable bonds is 5. The Morgan fingerprint density at radius 1 is 1.31 bits per heavy atom. The summed E-state index contributed by atoms with van der Waals surface area (Å²) in [5.41, 5.74) is 3.11. The van der Waals surface area contributed by atoms with E-state index in [2.05, 4.69) is 32.9 Å². The number of benzene rings is 1. The summed E-state index contributed by atoms with van der Waals surface area (Å²) in [5, 5.41) is 0. The fourth-order valence-corrected chi connectivity index (χ4v) is 1.58. The first-order chi connectivity index (χ1) is 7.54. The Bertz CT molecular complexity index is 336. The first-order valence-electron chi connectivity index (χ1n) is 6.02. The fraction of sp³-hybridized carbons (Fsp3) is 0.571. The number of hydrogen-bond donors (Lipinski definition) is 0. The lowest BCUT2D eigenvalue weighted by atomic mass is 9.87. The average Bonchev–Trinajstić information content (AvgIpc) is 2.25. The average molecular weight is 216 g/mol. The van der Waals surface area contributed by atoms with E-state index in [0.29, 0.717) is 5.92 Å². The maximum Gasteiger partial charge on any atom is 0.114 e. The molecule has 2 atom stereocenters. The van der Waals surface area contributed by atoms with Crippen LogP contribution < -0.4 is 5.46 Å². The third kappa shape index (κ3) is 3.68. The van der Waals surface area contributed by atoms with E-state index in [1.165, 1.54) is 5.56 Å². The third-order valence-electron chi connectivity index (χ3n) is 3.01. The molecule has 0 aliphatic carbocycles. The van der Waals surface area contributed by atoms with Gasteiger partial charge < -0.3 is 4.74 Å². The Balaban J connectivity index is 2.62. The highest BCUT2D eigenvalue weighted by atomic mass is 16.5. The van der Waals surface area contributed by atoms with Crippen molar-refractivity contribution in [3.63, 3.8) is 0 Å². The smallest absolute Gasteiger partial charge is 0.114 e. The first-order valence-corrected chi connectivity index (χ1v) is 6.02. The van der Waals surface area contributed by atoms with Crippen LogP contribution in [0.3, 0.4) is 0 Å². The van der Waals surface area contributed by atoms with Crippen molar-refractivity contribution in [1.82, 2.24) is 0 Å². The SMILES string of the molecule is [B]c1cc(C)ccc1[C@@H](C)OC[C@H](C)CC. The zero-order valence-corrected chi connectivity index (χ0v) is 10.8. The zero-order valence-electron chi connectivity index (χ0n) is 10.8. The Kier molecular flexibility index (Phi) is 5.07. The van der Waals surface area contributed by atoms with E-state index in [-0.39, 0.29) is 6.10 Å². The Morgan fingerprint density at radius 3 is 2.56 bits per heavy atom. The largest absolute Gasteiger partial charge is 0.374 e. The van der Waals surface area contributed by atoms with Gasteiger partial charge in [0.2, 0.25) is 0 Å². The second-order valence-electron chi connectivity index (χ2n) is 4.62. The van der Waals surface area contributed by atoms with Gasteiger partial charge in [0.25, 0.3) is 0 Å². The lowest BCUT2D eigenvalue weighted by Crippen LogP contribution is -2.17. The second-order valence-corrected chi connectivity index (χ2v) is 4.62. The topological polar surface area (TPSA) is 9.23 Å². The molecule has 2 heteroatoms. The van der Waals surface area contributed by atoms with Gasteiger partial charge >= 0.3 is 0 Å². The van der Waals surface area contributed by atoms with Crippen molar-refractivity contribution in [3.05, 3.63) is 29.3 Å².